The van der Waals surface area contributed by atoms with E-state index in [1.54, 1.807) is 0 Å². The van der Waals surface area contributed by atoms with E-state index < -0.39 is 32.6 Å². The molecule has 2 fully saturated rings. The monoisotopic (exact) mass is 304 g/mol. The molecule has 20 heavy (non-hydrogen) atoms. The van der Waals surface area contributed by atoms with Crippen molar-refractivity contribution >= 4 is 8.32 Å². The molecule has 2 saturated heterocycles. The molecule has 6 heteroatoms. The number of aliphatic hydroxyl groups is 1. The fourth-order valence-electron chi connectivity index (χ4n) is 2.20. The first kappa shape index (κ1) is 16.4. The Morgan fingerprint density at radius 3 is 2.30 bits per heavy atom. The molecule has 2 rings (SSSR count). The van der Waals surface area contributed by atoms with Gasteiger partial charge in [-0.15, -0.1) is 0 Å². The van der Waals surface area contributed by atoms with Crippen LogP contribution < -0.4 is 0 Å². The Bertz CT molecular complexity index is 363. The lowest BCUT2D eigenvalue weighted by Gasteiger charge is -2.37. The molecule has 0 unspecified atom stereocenters. The lowest BCUT2D eigenvalue weighted by atomic mass is 10.1. The molecule has 5 nitrogen and oxygen atoms in total. The van der Waals surface area contributed by atoms with E-state index in [9.17, 15) is 5.11 Å². The van der Waals surface area contributed by atoms with Crippen LogP contribution in [-0.2, 0) is 18.6 Å². The van der Waals surface area contributed by atoms with Gasteiger partial charge in [0.1, 0.15) is 18.3 Å². The molecule has 2 aliphatic heterocycles. The van der Waals surface area contributed by atoms with Crippen LogP contribution >= 0.6 is 0 Å². The first-order valence-electron chi connectivity index (χ1n) is 7.26. The molecule has 0 aliphatic carbocycles. The van der Waals surface area contributed by atoms with Gasteiger partial charge in [0.05, 0.1) is 6.61 Å². The quantitative estimate of drug-likeness (QED) is 0.810. The first-order chi connectivity index (χ1) is 8.93. The Morgan fingerprint density at radius 1 is 1.20 bits per heavy atom. The Morgan fingerprint density at radius 2 is 1.80 bits per heavy atom. The van der Waals surface area contributed by atoms with E-state index in [0.29, 0.717) is 6.61 Å². The normalized spacial score (nSPS) is 37.2. The van der Waals surface area contributed by atoms with E-state index in [0.717, 1.165) is 0 Å². The second-order valence-electron chi connectivity index (χ2n) is 7.70. The van der Waals surface area contributed by atoms with Gasteiger partial charge in [0.15, 0.2) is 20.4 Å². The minimum Gasteiger partial charge on any atom is -0.414 e. The van der Waals surface area contributed by atoms with Gasteiger partial charge in [0.2, 0.25) is 0 Å². The van der Waals surface area contributed by atoms with Gasteiger partial charge in [-0.25, -0.2) is 0 Å². The van der Waals surface area contributed by atoms with Crippen LogP contribution in [0, 0.1) is 0 Å². The van der Waals surface area contributed by atoms with Crippen molar-refractivity contribution in [2.24, 2.45) is 0 Å². The van der Waals surface area contributed by atoms with Crippen molar-refractivity contribution in [2.75, 3.05) is 6.61 Å². The first-order valence-corrected chi connectivity index (χ1v) is 10.2. The van der Waals surface area contributed by atoms with E-state index in [2.05, 4.69) is 33.9 Å². The zero-order valence-electron chi connectivity index (χ0n) is 13.6. The van der Waals surface area contributed by atoms with E-state index >= 15 is 0 Å². The third kappa shape index (κ3) is 3.10. The number of rotatable bonds is 3. The number of fused-ring (bicyclic) bond motifs is 1. The lowest BCUT2D eigenvalue weighted by molar-refractivity contribution is -0.217. The summed E-state index contributed by atoms with van der Waals surface area (Å²) in [6.45, 7) is 15.0. The van der Waals surface area contributed by atoms with Crippen molar-refractivity contribution in [3.8, 4) is 0 Å². The van der Waals surface area contributed by atoms with Crippen LogP contribution in [-0.4, -0.2) is 50.4 Å². The fourth-order valence-corrected chi connectivity index (χ4v) is 3.22. The average molecular weight is 304 g/mol. The maximum Gasteiger partial charge on any atom is 0.192 e. The molecule has 4 atom stereocenters. The summed E-state index contributed by atoms with van der Waals surface area (Å²) in [5, 5.41) is 10.4. The average Bonchev–Trinajstić information content (AvgIpc) is 2.69. The van der Waals surface area contributed by atoms with Gasteiger partial charge in [-0.3, -0.25) is 0 Å². The van der Waals surface area contributed by atoms with Crippen LogP contribution in [0.15, 0.2) is 0 Å². The molecule has 0 spiro atoms. The summed E-state index contributed by atoms with van der Waals surface area (Å²) >= 11 is 0. The number of ether oxygens (including phenoxy) is 3. The second-order valence-corrected chi connectivity index (χ2v) is 12.5. The van der Waals surface area contributed by atoms with E-state index in [1.165, 1.54) is 0 Å². The minimum atomic E-state index is -1.84. The van der Waals surface area contributed by atoms with Gasteiger partial charge < -0.3 is 23.7 Å². The highest BCUT2D eigenvalue weighted by atomic mass is 28.4. The van der Waals surface area contributed by atoms with Crippen LogP contribution in [0.1, 0.15) is 34.6 Å². The van der Waals surface area contributed by atoms with Gasteiger partial charge >= 0.3 is 0 Å². The Balaban J connectivity index is 1.91. The third-order valence-electron chi connectivity index (χ3n) is 4.53. The molecule has 0 aromatic carbocycles. The summed E-state index contributed by atoms with van der Waals surface area (Å²) in [4.78, 5) is 0. The second kappa shape index (κ2) is 5.03. The van der Waals surface area contributed by atoms with Gasteiger partial charge in [-0.1, -0.05) is 20.8 Å². The smallest absolute Gasteiger partial charge is 0.192 e. The van der Waals surface area contributed by atoms with Gasteiger partial charge in [0, 0.05) is 0 Å². The molecule has 2 heterocycles. The predicted octanol–water partition coefficient (Wildman–Crippen LogP) is 2.25. The fraction of sp³-hybridized carbons (Fsp3) is 1.00. The van der Waals surface area contributed by atoms with Crippen LogP contribution in [0.3, 0.4) is 0 Å². The molecule has 0 aromatic rings. The molecule has 0 bridgehead atoms. The van der Waals surface area contributed by atoms with Crippen molar-refractivity contribution in [3.05, 3.63) is 0 Å². The maximum atomic E-state index is 10.3. The highest BCUT2D eigenvalue weighted by Gasteiger charge is 2.54. The zero-order valence-corrected chi connectivity index (χ0v) is 14.6. The van der Waals surface area contributed by atoms with Crippen molar-refractivity contribution in [2.45, 2.75) is 83.1 Å². The lowest BCUT2D eigenvalue weighted by Crippen LogP contribution is -2.45. The summed E-state index contributed by atoms with van der Waals surface area (Å²) < 4.78 is 23.1. The SMILES string of the molecule is CC1(C)O[C@@H]2O[C@@H](CO[Si](C)(C)C(C)(C)C)[C@@H](O)[C@@H]2O1. The predicted molar refractivity (Wildman–Crippen MR) is 77.9 cm³/mol. The Labute approximate surface area is 122 Å². The van der Waals surface area contributed by atoms with Gasteiger partial charge in [0.25, 0.3) is 0 Å². The standard InChI is InChI=1S/C14H28O5Si/c1-13(2,3)20(6,7)16-8-9-10(15)11-12(17-9)19-14(4,5)18-11/h9-12,15H,8H2,1-7H3/t9-,10+,11-,12-/m0/s1. The van der Waals surface area contributed by atoms with Crippen molar-refractivity contribution in [1.82, 2.24) is 0 Å². The summed E-state index contributed by atoms with van der Waals surface area (Å²) in [6.07, 6.45) is -1.99. The van der Waals surface area contributed by atoms with Crippen LogP contribution in [0.2, 0.25) is 18.1 Å². The highest BCUT2D eigenvalue weighted by molar-refractivity contribution is 6.74. The topological polar surface area (TPSA) is 57.2 Å². The number of hydrogen-bond acceptors (Lipinski definition) is 5. The van der Waals surface area contributed by atoms with E-state index in [1.807, 2.05) is 13.8 Å². The molecular weight excluding hydrogens is 276 g/mol. The van der Waals surface area contributed by atoms with Crippen molar-refractivity contribution < 1.29 is 23.7 Å². The Hall–Kier alpha value is 0.0169. The van der Waals surface area contributed by atoms with Crippen molar-refractivity contribution in [1.29, 1.82) is 0 Å². The van der Waals surface area contributed by atoms with Gasteiger partial charge in [-0.2, -0.15) is 0 Å². The zero-order chi connectivity index (χ0) is 15.3. The van der Waals surface area contributed by atoms with E-state index in [-0.39, 0.29) is 11.1 Å². The maximum absolute atomic E-state index is 10.3. The molecule has 1 N–H and O–H groups in total. The highest BCUT2D eigenvalue weighted by Crippen LogP contribution is 2.40. The summed E-state index contributed by atoms with van der Waals surface area (Å²) in [5.74, 6) is -0.693. The summed E-state index contributed by atoms with van der Waals surface area (Å²) in [7, 11) is -1.84. The van der Waals surface area contributed by atoms with Crippen molar-refractivity contribution in [3.63, 3.8) is 0 Å². The Kier molecular flexibility index (Phi) is 4.13. The third-order valence-corrected chi connectivity index (χ3v) is 9.03. The molecule has 118 valence electrons. The largest absolute Gasteiger partial charge is 0.414 e. The van der Waals surface area contributed by atoms with Crippen LogP contribution in [0.4, 0.5) is 0 Å². The van der Waals surface area contributed by atoms with E-state index in [4.69, 9.17) is 18.6 Å². The molecule has 0 aromatic heterocycles. The number of hydrogen-bond donors (Lipinski definition) is 1. The number of aliphatic hydroxyl groups excluding tert-OH is 1. The molecule has 2 aliphatic rings. The van der Waals surface area contributed by atoms with Crippen LogP contribution in [0.5, 0.6) is 0 Å². The van der Waals surface area contributed by atoms with Crippen LogP contribution in [0.25, 0.3) is 0 Å². The summed E-state index contributed by atoms with van der Waals surface area (Å²) in [5.41, 5.74) is 0. The molecule has 0 amide bonds. The van der Waals surface area contributed by atoms with Gasteiger partial charge in [-0.05, 0) is 32.0 Å². The summed E-state index contributed by atoms with van der Waals surface area (Å²) in [6, 6.07) is 0. The minimum absolute atomic E-state index is 0.140. The molecule has 0 radical (unpaired) electrons. The molecule has 0 saturated carbocycles. The molecular formula is C14H28O5Si.